The molecule has 3 aliphatic rings. The first-order chi connectivity index (χ1) is 38.5. The van der Waals surface area contributed by atoms with E-state index in [2.05, 4.69) is 20.4 Å². The van der Waals surface area contributed by atoms with Crippen molar-refractivity contribution in [3.8, 4) is 11.3 Å². The van der Waals surface area contributed by atoms with Gasteiger partial charge >= 0.3 is 12.0 Å². The van der Waals surface area contributed by atoms with E-state index in [0.29, 0.717) is 174 Å². The molecule has 2 aromatic carbocycles. The van der Waals surface area contributed by atoms with Gasteiger partial charge in [0.1, 0.15) is 11.2 Å². The minimum Gasteiger partial charge on any atom is -0.378 e. The van der Waals surface area contributed by atoms with Crippen molar-refractivity contribution in [3.05, 3.63) is 60.8 Å². The predicted octanol–water partition coefficient (Wildman–Crippen LogP) is 1.08. The topological polar surface area (TPSA) is 301 Å². The number of rotatable bonds is 45. The maximum Gasteiger partial charge on any atom is 0.335 e. The summed E-state index contributed by atoms with van der Waals surface area (Å²) >= 11 is 0. The highest BCUT2D eigenvalue weighted by atomic mass is 32.2. The van der Waals surface area contributed by atoms with Crippen molar-refractivity contribution in [2.45, 2.75) is 55.1 Å². The molecule has 1 aromatic heterocycles. The molecule has 3 fully saturated rings. The number of carbonyl (C=O) groups excluding carboxylic acids is 5. The molecule has 2 aliphatic heterocycles. The number of aromatic nitrogens is 3. The first-order valence-electron chi connectivity index (χ1n) is 26.3. The maximum absolute atomic E-state index is 13.3. The molecule has 0 unspecified atom stereocenters. The van der Waals surface area contributed by atoms with Gasteiger partial charge in [0.05, 0.1) is 188 Å². The SMILES string of the molecule is O=C(CCOCCOCCOCCOCCOCCOCCOCCOCCOCCOCCOCCOCCn1cc(-c2cccc(S(=O)(=O)NC3CC4(C3)NC(=O)N(c3ccccc3)C4=O)c2)nn1)ON1C(=O)CCC1=O. The van der Waals surface area contributed by atoms with Crippen LogP contribution >= 0.6 is 0 Å². The van der Waals surface area contributed by atoms with Crippen LogP contribution in [0.15, 0.2) is 65.7 Å². The van der Waals surface area contributed by atoms with E-state index in [1.165, 1.54) is 12.1 Å². The van der Waals surface area contributed by atoms with Gasteiger partial charge in [-0.15, -0.1) is 10.2 Å². The molecule has 0 radical (unpaired) electrons. The van der Waals surface area contributed by atoms with Crippen LogP contribution in [0.5, 0.6) is 0 Å². The summed E-state index contributed by atoms with van der Waals surface area (Å²) in [5.74, 6) is -2.15. The number of benzene rings is 2. The van der Waals surface area contributed by atoms with Crippen LogP contribution in [-0.2, 0) is 97.4 Å². The molecule has 0 atom stereocenters. The number of para-hydroxylation sites is 1. The molecular formula is C51H73N7O20S. The molecule has 3 heterocycles. The van der Waals surface area contributed by atoms with E-state index >= 15 is 0 Å². The number of amides is 5. The van der Waals surface area contributed by atoms with Crippen LogP contribution in [0.2, 0.25) is 0 Å². The zero-order chi connectivity index (χ0) is 55.8. The van der Waals surface area contributed by atoms with Gasteiger partial charge in [-0.05, 0) is 37.1 Å². The van der Waals surface area contributed by atoms with Gasteiger partial charge in [-0.1, -0.05) is 35.5 Å². The molecule has 79 heavy (non-hydrogen) atoms. The lowest BCUT2D eigenvalue weighted by Crippen LogP contribution is -2.63. The number of urea groups is 1. The number of imide groups is 2. The van der Waals surface area contributed by atoms with Crippen LogP contribution in [0.3, 0.4) is 0 Å². The lowest BCUT2D eigenvalue weighted by Gasteiger charge is -2.42. The summed E-state index contributed by atoms with van der Waals surface area (Å²) in [6, 6.07) is 13.9. The standard InChI is InChI=1S/C51H73N7O20S/c59-46-9-10-47(60)58(46)78-48(61)11-13-66-15-17-68-19-21-70-23-25-72-27-29-74-31-33-76-35-36-77-34-32-75-30-28-73-26-24-71-22-20-69-18-16-67-14-12-56-40-45(53-55-56)41-5-4-8-44(37-41)79(64,65)54-42-38-51(39-42)49(62)57(50(63)52-51)43-6-2-1-3-7-43/h1-8,37,40,42,54H,9-36,38-39H2,(H,52,63). The van der Waals surface area contributed by atoms with Gasteiger partial charge < -0.3 is 67.0 Å². The number of sulfonamides is 1. The molecule has 3 aromatic rings. The molecule has 2 N–H and O–H groups in total. The first-order valence-corrected chi connectivity index (χ1v) is 27.8. The van der Waals surface area contributed by atoms with E-state index in [-0.39, 0.29) is 50.2 Å². The van der Waals surface area contributed by atoms with Crippen LogP contribution in [0, 0.1) is 0 Å². The summed E-state index contributed by atoms with van der Waals surface area (Å²) < 4.78 is 96.9. The number of nitrogens with one attached hydrogen (secondary N) is 2. The normalized spacial score (nSPS) is 17.3. The van der Waals surface area contributed by atoms with Gasteiger partial charge in [0.25, 0.3) is 17.7 Å². The minimum atomic E-state index is -3.95. The number of carbonyl (C=O) groups is 5. The van der Waals surface area contributed by atoms with Gasteiger partial charge in [-0.2, -0.15) is 0 Å². The van der Waals surface area contributed by atoms with Gasteiger partial charge in [0.2, 0.25) is 10.0 Å². The predicted molar refractivity (Wildman–Crippen MR) is 276 cm³/mol. The van der Waals surface area contributed by atoms with Crippen LogP contribution < -0.4 is 14.9 Å². The van der Waals surface area contributed by atoms with Crippen LogP contribution in [0.25, 0.3) is 11.3 Å². The smallest absolute Gasteiger partial charge is 0.335 e. The van der Waals surface area contributed by atoms with Crippen molar-refractivity contribution < 1.29 is 94.1 Å². The second-order valence-electron chi connectivity index (χ2n) is 17.8. The molecule has 2 saturated heterocycles. The summed E-state index contributed by atoms with van der Waals surface area (Å²) in [5, 5.41) is 11.6. The van der Waals surface area contributed by atoms with E-state index in [1.807, 2.05) is 0 Å². The number of nitrogens with zero attached hydrogens (tertiary/aromatic N) is 5. The molecule has 1 aliphatic carbocycles. The molecule has 1 saturated carbocycles. The van der Waals surface area contributed by atoms with Gasteiger partial charge in [-0.3, -0.25) is 14.4 Å². The highest BCUT2D eigenvalue weighted by Gasteiger charge is 2.59. The Morgan fingerprint density at radius 1 is 0.582 bits per heavy atom. The third-order valence-corrected chi connectivity index (χ3v) is 13.4. The Bertz CT molecular complexity index is 2400. The molecule has 27 nitrogen and oxygen atoms in total. The third-order valence-electron chi connectivity index (χ3n) is 11.9. The second kappa shape index (κ2) is 35.3. The average Bonchev–Trinajstić information content (AvgIpc) is 4.27. The van der Waals surface area contributed by atoms with Gasteiger partial charge in [-0.25, -0.2) is 32.3 Å². The van der Waals surface area contributed by atoms with Gasteiger partial charge in [0.15, 0.2) is 0 Å². The highest BCUT2D eigenvalue weighted by molar-refractivity contribution is 7.89. The van der Waals surface area contributed by atoms with Crippen molar-refractivity contribution in [3.63, 3.8) is 0 Å². The summed E-state index contributed by atoms with van der Waals surface area (Å²) in [5.41, 5.74) is 0.370. The van der Waals surface area contributed by atoms with Crippen LogP contribution in [-0.4, -0.2) is 228 Å². The van der Waals surface area contributed by atoms with Crippen molar-refractivity contribution in [1.82, 2.24) is 30.1 Å². The van der Waals surface area contributed by atoms with E-state index in [4.69, 9.17) is 61.7 Å². The monoisotopic (exact) mass is 1140 g/mol. The van der Waals surface area contributed by atoms with Crippen LogP contribution in [0.4, 0.5) is 10.5 Å². The molecular weight excluding hydrogens is 1060 g/mol. The van der Waals surface area contributed by atoms with E-state index in [0.717, 1.165) is 4.90 Å². The van der Waals surface area contributed by atoms with Crippen molar-refractivity contribution >= 4 is 45.4 Å². The first kappa shape index (κ1) is 62.8. The van der Waals surface area contributed by atoms with Crippen molar-refractivity contribution in [1.29, 1.82) is 0 Å². The van der Waals surface area contributed by atoms with E-state index < -0.39 is 51.3 Å². The fraction of sp³-hybridized carbons (Fsp3) is 0.627. The zero-order valence-electron chi connectivity index (χ0n) is 44.4. The second-order valence-corrected chi connectivity index (χ2v) is 19.5. The zero-order valence-corrected chi connectivity index (χ0v) is 45.2. The van der Waals surface area contributed by atoms with Crippen molar-refractivity contribution in [2.75, 3.05) is 163 Å². The Balaban J connectivity index is 0.625. The van der Waals surface area contributed by atoms with Gasteiger partial charge in [0, 0.05) is 24.4 Å². The summed E-state index contributed by atoms with van der Waals surface area (Å²) in [4.78, 5) is 66.3. The largest absolute Gasteiger partial charge is 0.378 e. The molecule has 438 valence electrons. The van der Waals surface area contributed by atoms with E-state index in [9.17, 15) is 32.4 Å². The lowest BCUT2D eigenvalue weighted by molar-refractivity contribution is -0.198. The molecule has 0 bridgehead atoms. The summed E-state index contributed by atoms with van der Waals surface area (Å²) in [6.45, 7) is 9.96. The van der Waals surface area contributed by atoms with E-state index in [1.54, 1.807) is 53.3 Å². The molecule has 5 amide bonds. The average molecular weight is 1140 g/mol. The number of ether oxygens (including phenoxy) is 12. The molecule has 6 rings (SSSR count). The quantitative estimate of drug-likeness (QED) is 0.0454. The third kappa shape index (κ3) is 22.2. The Kier molecular flexibility index (Phi) is 28.1. The summed E-state index contributed by atoms with van der Waals surface area (Å²) in [6.07, 6.45) is 1.99. The summed E-state index contributed by atoms with van der Waals surface area (Å²) in [7, 11) is -3.95. The molecule has 1 spiro atoms. The van der Waals surface area contributed by atoms with Crippen molar-refractivity contribution in [2.24, 2.45) is 0 Å². The Morgan fingerprint density at radius 3 is 1.49 bits per heavy atom. The maximum atomic E-state index is 13.3. The number of hydrogen-bond donors (Lipinski definition) is 2. The Morgan fingerprint density at radius 2 is 1.03 bits per heavy atom. The Labute approximate surface area is 458 Å². The number of hydrogen-bond acceptors (Lipinski definition) is 22. The lowest BCUT2D eigenvalue weighted by atomic mass is 9.73. The highest BCUT2D eigenvalue weighted by Crippen LogP contribution is 2.40. The fourth-order valence-corrected chi connectivity index (χ4v) is 9.14. The molecule has 28 heteroatoms. The number of hydroxylamine groups is 2. The number of anilines is 1. The minimum absolute atomic E-state index is 0.0403. The van der Waals surface area contributed by atoms with Crippen LogP contribution in [0.1, 0.15) is 32.1 Å². The Hall–Kier alpha value is -5.44. The fourth-order valence-electron chi connectivity index (χ4n) is 7.86.